The van der Waals surface area contributed by atoms with Crippen molar-refractivity contribution in [1.82, 2.24) is 15.0 Å². The van der Waals surface area contributed by atoms with E-state index in [1.807, 2.05) is 14.0 Å². The fraction of sp³-hybridized carbons (Fsp3) is 0.750. The Bertz CT molecular complexity index is 258. The van der Waals surface area contributed by atoms with E-state index in [-0.39, 0.29) is 11.4 Å². The molecule has 0 fully saturated rings. The quantitative estimate of drug-likeness (QED) is 0.755. The molecule has 13 heavy (non-hydrogen) atoms. The Hall–Kier alpha value is -0.770. The smallest absolute Gasteiger partial charge is 0.144 e. The zero-order valence-electron chi connectivity index (χ0n) is 8.16. The first-order chi connectivity index (χ1) is 6.15. The first kappa shape index (κ1) is 10.3. The van der Waals surface area contributed by atoms with Crippen LogP contribution in [0.3, 0.4) is 0 Å². The summed E-state index contributed by atoms with van der Waals surface area (Å²) < 4.78 is 1.70. The van der Waals surface area contributed by atoms with Gasteiger partial charge in [0, 0.05) is 13.1 Å². The Labute approximate surface area is 83.3 Å². The highest BCUT2D eigenvalue weighted by atomic mass is 35.5. The molecular formula is C8H15ClN4. The molecule has 1 heterocycles. The summed E-state index contributed by atoms with van der Waals surface area (Å²) in [6.45, 7) is 4.08. The van der Waals surface area contributed by atoms with Crippen LogP contribution in [0.15, 0.2) is 6.20 Å². The van der Waals surface area contributed by atoms with Crippen LogP contribution in [0.4, 0.5) is 5.82 Å². The van der Waals surface area contributed by atoms with Crippen molar-refractivity contribution >= 4 is 17.4 Å². The van der Waals surface area contributed by atoms with E-state index < -0.39 is 0 Å². The molecule has 0 spiro atoms. The first-order valence-corrected chi connectivity index (χ1v) is 4.84. The summed E-state index contributed by atoms with van der Waals surface area (Å²) in [7, 11) is 1.85. The van der Waals surface area contributed by atoms with Gasteiger partial charge in [-0.3, -0.25) is 0 Å². The fourth-order valence-electron chi connectivity index (χ4n) is 1.15. The maximum atomic E-state index is 6.00. The summed E-state index contributed by atoms with van der Waals surface area (Å²) >= 11 is 6.00. The van der Waals surface area contributed by atoms with Gasteiger partial charge in [0.1, 0.15) is 5.82 Å². The lowest BCUT2D eigenvalue weighted by Crippen LogP contribution is -2.28. The molecule has 0 saturated heterocycles. The molecule has 4 nitrogen and oxygen atoms in total. The number of halogens is 1. The predicted octanol–water partition coefficient (Wildman–Crippen LogP) is 1.63. The highest BCUT2D eigenvalue weighted by Crippen LogP contribution is 2.12. The zero-order valence-corrected chi connectivity index (χ0v) is 8.91. The van der Waals surface area contributed by atoms with E-state index in [2.05, 4.69) is 22.6 Å². The molecule has 1 aromatic rings. The lowest BCUT2D eigenvalue weighted by Gasteiger charge is -2.19. The molecule has 0 radical (unpaired) electrons. The van der Waals surface area contributed by atoms with E-state index in [1.54, 1.807) is 10.9 Å². The molecule has 0 aliphatic carbocycles. The molecule has 1 aromatic heterocycles. The molecule has 2 atom stereocenters. The van der Waals surface area contributed by atoms with Crippen molar-refractivity contribution in [2.45, 2.75) is 31.7 Å². The van der Waals surface area contributed by atoms with Crippen molar-refractivity contribution in [2.75, 3.05) is 5.32 Å². The van der Waals surface area contributed by atoms with Crippen LogP contribution in [0, 0.1) is 0 Å². The van der Waals surface area contributed by atoms with Crippen LogP contribution in [-0.2, 0) is 7.05 Å². The van der Waals surface area contributed by atoms with E-state index in [1.165, 1.54) is 0 Å². The number of aryl methyl sites for hydroxylation is 1. The van der Waals surface area contributed by atoms with E-state index >= 15 is 0 Å². The Morgan fingerprint density at radius 3 is 2.77 bits per heavy atom. The molecule has 2 unspecified atom stereocenters. The third-order valence-electron chi connectivity index (χ3n) is 2.04. The molecule has 0 aliphatic heterocycles. The molecule has 0 aliphatic rings. The average molecular weight is 203 g/mol. The van der Waals surface area contributed by atoms with Gasteiger partial charge < -0.3 is 5.32 Å². The van der Waals surface area contributed by atoms with Gasteiger partial charge in [-0.2, -0.15) is 0 Å². The molecule has 74 valence electrons. The molecule has 1 N–H and O–H groups in total. The van der Waals surface area contributed by atoms with Gasteiger partial charge in [-0.1, -0.05) is 12.1 Å². The van der Waals surface area contributed by atoms with Crippen molar-refractivity contribution in [1.29, 1.82) is 0 Å². The molecule has 0 bridgehead atoms. The summed E-state index contributed by atoms with van der Waals surface area (Å²) in [5, 5.41) is 11.0. The van der Waals surface area contributed by atoms with E-state index in [0.717, 1.165) is 12.2 Å². The van der Waals surface area contributed by atoms with E-state index in [4.69, 9.17) is 11.6 Å². The third kappa shape index (κ3) is 2.59. The Balaban J connectivity index is 2.62. The topological polar surface area (TPSA) is 42.7 Å². The van der Waals surface area contributed by atoms with E-state index in [9.17, 15) is 0 Å². The van der Waals surface area contributed by atoms with Gasteiger partial charge in [0.05, 0.1) is 11.6 Å². The minimum atomic E-state index is 0.0971. The number of nitrogens with one attached hydrogen (secondary N) is 1. The van der Waals surface area contributed by atoms with Crippen LogP contribution in [0.1, 0.15) is 20.3 Å². The maximum absolute atomic E-state index is 6.00. The molecule has 5 heteroatoms. The molecule has 0 saturated carbocycles. The number of nitrogens with zero attached hydrogens (tertiary/aromatic N) is 3. The standard InChI is InChI=1S/C8H15ClN4/c1-4-7(6(2)9)11-8-5-10-12-13(8)3/h5-7,11H,4H2,1-3H3. The second-order valence-corrected chi connectivity index (χ2v) is 3.77. The summed E-state index contributed by atoms with van der Waals surface area (Å²) in [6.07, 6.45) is 2.68. The van der Waals surface area contributed by atoms with Crippen molar-refractivity contribution < 1.29 is 0 Å². The van der Waals surface area contributed by atoms with Gasteiger partial charge in [0.15, 0.2) is 0 Å². The van der Waals surface area contributed by atoms with Crippen molar-refractivity contribution in [3.63, 3.8) is 0 Å². The lowest BCUT2D eigenvalue weighted by molar-refractivity contribution is 0.654. The lowest BCUT2D eigenvalue weighted by atomic mass is 10.2. The number of rotatable bonds is 4. The second-order valence-electron chi connectivity index (χ2n) is 3.08. The van der Waals surface area contributed by atoms with Gasteiger partial charge in [-0.25, -0.2) is 4.68 Å². The highest BCUT2D eigenvalue weighted by Gasteiger charge is 2.13. The monoisotopic (exact) mass is 202 g/mol. The minimum absolute atomic E-state index is 0.0971. The molecule has 0 amide bonds. The van der Waals surface area contributed by atoms with Gasteiger partial charge in [0.2, 0.25) is 0 Å². The Morgan fingerprint density at radius 2 is 2.38 bits per heavy atom. The fourth-order valence-corrected chi connectivity index (χ4v) is 1.39. The summed E-state index contributed by atoms with van der Waals surface area (Å²) in [5.74, 6) is 0.902. The Kier molecular flexibility index (Phi) is 3.54. The largest absolute Gasteiger partial charge is 0.365 e. The number of anilines is 1. The number of alkyl halides is 1. The van der Waals surface area contributed by atoms with Gasteiger partial charge in [-0.05, 0) is 13.3 Å². The number of hydrogen-bond acceptors (Lipinski definition) is 3. The summed E-state index contributed by atoms with van der Waals surface area (Å²) in [5.41, 5.74) is 0. The summed E-state index contributed by atoms with van der Waals surface area (Å²) in [4.78, 5) is 0. The first-order valence-electron chi connectivity index (χ1n) is 4.40. The molecule has 0 aromatic carbocycles. The zero-order chi connectivity index (χ0) is 9.84. The van der Waals surface area contributed by atoms with Crippen LogP contribution < -0.4 is 5.32 Å². The second kappa shape index (κ2) is 4.46. The van der Waals surface area contributed by atoms with Gasteiger partial charge in [-0.15, -0.1) is 16.7 Å². The minimum Gasteiger partial charge on any atom is -0.365 e. The normalized spacial score (nSPS) is 15.4. The van der Waals surface area contributed by atoms with Crippen molar-refractivity contribution in [3.8, 4) is 0 Å². The SMILES string of the molecule is CCC(Nc1cnnn1C)C(C)Cl. The van der Waals surface area contributed by atoms with Crippen LogP contribution in [0.2, 0.25) is 0 Å². The van der Waals surface area contributed by atoms with Crippen LogP contribution in [0.5, 0.6) is 0 Å². The van der Waals surface area contributed by atoms with Crippen LogP contribution in [-0.4, -0.2) is 26.4 Å². The molecule has 1 rings (SSSR count). The van der Waals surface area contributed by atoms with Gasteiger partial charge in [0.25, 0.3) is 0 Å². The van der Waals surface area contributed by atoms with Gasteiger partial charge >= 0.3 is 0 Å². The number of hydrogen-bond donors (Lipinski definition) is 1. The average Bonchev–Trinajstić information content (AvgIpc) is 2.46. The predicted molar refractivity (Wildman–Crippen MR) is 54.0 cm³/mol. The van der Waals surface area contributed by atoms with E-state index in [0.29, 0.717) is 0 Å². The van der Waals surface area contributed by atoms with Crippen LogP contribution >= 0.6 is 11.6 Å². The molecular weight excluding hydrogens is 188 g/mol. The third-order valence-corrected chi connectivity index (χ3v) is 2.35. The van der Waals surface area contributed by atoms with Crippen molar-refractivity contribution in [3.05, 3.63) is 6.20 Å². The highest BCUT2D eigenvalue weighted by molar-refractivity contribution is 6.21. The van der Waals surface area contributed by atoms with Crippen LogP contribution in [0.25, 0.3) is 0 Å². The Morgan fingerprint density at radius 1 is 1.69 bits per heavy atom. The van der Waals surface area contributed by atoms with Crippen molar-refractivity contribution in [2.24, 2.45) is 7.05 Å². The maximum Gasteiger partial charge on any atom is 0.144 e. The summed E-state index contributed by atoms with van der Waals surface area (Å²) in [6, 6.07) is 0.263. The number of aromatic nitrogens is 3.